The number of methoxy groups -OCH3 is 1. The number of aryl methyl sites for hydroxylation is 1. The maximum absolute atomic E-state index is 12.9. The number of aliphatic hydroxyl groups excluding tert-OH is 2. The van der Waals surface area contributed by atoms with Gasteiger partial charge in [0.1, 0.15) is 23.8 Å². The zero-order chi connectivity index (χ0) is 34.0. The number of nitrogens with one attached hydrogen (secondary N) is 1. The number of rotatable bonds is 10. The number of imidazole rings is 1. The molecule has 10 nitrogen and oxygen atoms in total. The van der Waals surface area contributed by atoms with Crippen molar-refractivity contribution in [3.05, 3.63) is 150 Å². The zero-order valence-electron chi connectivity index (χ0n) is 27.2. The van der Waals surface area contributed by atoms with Crippen LogP contribution in [0.4, 0.5) is 5.82 Å². The van der Waals surface area contributed by atoms with Crippen LogP contribution in [0.3, 0.4) is 0 Å². The van der Waals surface area contributed by atoms with Crippen LogP contribution in [0, 0.1) is 12.8 Å². The predicted molar refractivity (Wildman–Crippen MR) is 185 cm³/mol. The van der Waals surface area contributed by atoms with Crippen LogP contribution in [0.5, 0.6) is 5.75 Å². The molecule has 10 heteroatoms. The van der Waals surface area contributed by atoms with Gasteiger partial charge in [-0.25, -0.2) is 15.0 Å². The summed E-state index contributed by atoms with van der Waals surface area (Å²) in [6.45, 7) is 2.19. The molecule has 49 heavy (non-hydrogen) atoms. The highest BCUT2D eigenvalue weighted by molar-refractivity contribution is 6.06. The third kappa shape index (κ3) is 6.06. The smallest absolute Gasteiger partial charge is 0.256 e. The lowest BCUT2D eigenvalue weighted by molar-refractivity contribution is -0.0495. The molecule has 7 rings (SSSR count). The van der Waals surface area contributed by atoms with Gasteiger partial charge in [-0.05, 0) is 54.3 Å². The Labute approximate surface area is 284 Å². The van der Waals surface area contributed by atoms with E-state index in [-0.39, 0.29) is 18.3 Å². The van der Waals surface area contributed by atoms with Crippen LogP contribution in [0.15, 0.2) is 122 Å². The second kappa shape index (κ2) is 13.6. The van der Waals surface area contributed by atoms with Gasteiger partial charge in [-0.2, -0.15) is 0 Å². The lowest BCUT2D eigenvalue weighted by atomic mass is 9.79. The van der Waals surface area contributed by atoms with Crippen molar-refractivity contribution >= 4 is 22.9 Å². The fourth-order valence-electron chi connectivity index (χ4n) is 6.76. The van der Waals surface area contributed by atoms with E-state index in [1.807, 2.05) is 67.6 Å². The molecule has 1 aliphatic carbocycles. The van der Waals surface area contributed by atoms with Crippen LogP contribution in [0.25, 0.3) is 11.2 Å². The highest BCUT2D eigenvalue weighted by Crippen LogP contribution is 2.44. The van der Waals surface area contributed by atoms with E-state index in [0.29, 0.717) is 23.1 Å². The maximum atomic E-state index is 12.9. The zero-order valence-corrected chi connectivity index (χ0v) is 27.2. The lowest BCUT2D eigenvalue weighted by Gasteiger charge is -2.37. The molecular formula is C39H37N5O5. The van der Waals surface area contributed by atoms with Gasteiger partial charge < -0.3 is 29.6 Å². The van der Waals surface area contributed by atoms with E-state index in [2.05, 4.69) is 44.5 Å². The van der Waals surface area contributed by atoms with Crippen LogP contribution < -0.4 is 10.1 Å². The summed E-state index contributed by atoms with van der Waals surface area (Å²) in [7, 11) is 1.64. The number of fused-ring (bicyclic) bond motifs is 1. The number of hydrogen-bond donors (Lipinski definition) is 3. The number of aromatic nitrogens is 4. The number of carbonyl (C=O) groups is 1. The van der Waals surface area contributed by atoms with Crippen LogP contribution in [0.2, 0.25) is 0 Å². The molecular weight excluding hydrogens is 618 g/mol. The largest absolute Gasteiger partial charge is 0.497 e. The van der Waals surface area contributed by atoms with E-state index in [4.69, 9.17) is 9.47 Å². The average molecular weight is 656 g/mol. The van der Waals surface area contributed by atoms with Crippen LogP contribution in [-0.4, -0.2) is 61.6 Å². The molecule has 0 aliphatic heterocycles. The molecule has 2 heterocycles. The SMILES string of the molecule is COc1ccc(C(OC[C@H]2C[C@@H](n3cnc4c(NC(=O)c5ccccc5)ncnc43)[C@H](O)[C@@H]2O)(c2ccccc2)c2ccc(C)cc2)cc1. The first kappa shape index (κ1) is 32.1. The standard InChI is InChI=1S/C39H37N5O5/c1-25-13-15-29(16-14-25)39(28-11-7-4-8-12-28,30-17-19-31(48-2)20-18-30)49-22-27-21-32(35(46)34(27)45)44-24-42-33-36(40-23-41-37(33)44)43-38(47)26-9-5-3-6-10-26/h3-20,23-24,27,32,34-35,45-46H,21-22H2,1-2H3,(H,40,41,43,47)/t27-,32-,34-,35+,39?/m1/s1. The molecule has 1 unspecified atom stereocenters. The third-order valence-electron chi connectivity index (χ3n) is 9.40. The first-order chi connectivity index (χ1) is 23.9. The summed E-state index contributed by atoms with van der Waals surface area (Å²) >= 11 is 0. The fourth-order valence-corrected chi connectivity index (χ4v) is 6.76. The monoisotopic (exact) mass is 655 g/mol. The van der Waals surface area contributed by atoms with E-state index < -0.39 is 29.8 Å². The average Bonchev–Trinajstić information content (AvgIpc) is 3.70. The summed E-state index contributed by atoms with van der Waals surface area (Å²) in [6.07, 6.45) is 1.12. The molecule has 1 aliphatic rings. The van der Waals surface area contributed by atoms with Crippen LogP contribution >= 0.6 is 0 Å². The Kier molecular flexibility index (Phi) is 8.92. The number of ether oxygens (including phenoxy) is 2. The first-order valence-electron chi connectivity index (χ1n) is 16.2. The normalized spacial score (nSPS) is 20.2. The summed E-state index contributed by atoms with van der Waals surface area (Å²) in [5.74, 6) is 0.237. The molecule has 0 saturated heterocycles. The minimum Gasteiger partial charge on any atom is -0.497 e. The Morgan fingerprint density at radius 2 is 1.47 bits per heavy atom. The lowest BCUT2D eigenvalue weighted by Crippen LogP contribution is -2.37. The summed E-state index contributed by atoms with van der Waals surface area (Å²) in [5, 5.41) is 25.7. The molecule has 0 spiro atoms. The summed E-state index contributed by atoms with van der Waals surface area (Å²) in [4.78, 5) is 26.1. The molecule has 0 radical (unpaired) electrons. The number of aliphatic hydroxyl groups is 2. The number of hydrogen-bond acceptors (Lipinski definition) is 8. The molecule has 3 N–H and O–H groups in total. The number of carbonyl (C=O) groups excluding carboxylic acids is 1. The molecule has 1 saturated carbocycles. The van der Waals surface area contributed by atoms with Gasteiger partial charge in [-0.3, -0.25) is 4.79 Å². The van der Waals surface area contributed by atoms with Crippen molar-refractivity contribution in [1.82, 2.24) is 19.5 Å². The molecule has 2 aromatic heterocycles. The van der Waals surface area contributed by atoms with Crippen molar-refractivity contribution in [3.8, 4) is 5.75 Å². The Balaban J connectivity index is 1.20. The van der Waals surface area contributed by atoms with E-state index in [9.17, 15) is 15.0 Å². The second-order valence-corrected chi connectivity index (χ2v) is 12.4. The van der Waals surface area contributed by atoms with Crippen molar-refractivity contribution in [2.45, 2.75) is 37.2 Å². The third-order valence-corrected chi connectivity index (χ3v) is 9.40. The van der Waals surface area contributed by atoms with Crippen molar-refractivity contribution in [2.24, 2.45) is 5.92 Å². The Morgan fingerprint density at radius 3 is 2.14 bits per heavy atom. The van der Waals surface area contributed by atoms with Gasteiger partial charge in [0.05, 0.1) is 32.2 Å². The number of anilines is 1. The highest BCUT2D eigenvalue weighted by Gasteiger charge is 2.46. The maximum Gasteiger partial charge on any atom is 0.256 e. The molecule has 4 aromatic carbocycles. The predicted octanol–water partition coefficient (Wildman–Crippen LogP) is 5.69. The Morgan fingerprint density at radius 1 is 0.837 bits per heavy atom. The molecule has 0 bridgehead atoms. The van der Waals surface area contributed by atoms with Crippen LogP contribution in [-0.2, 0) is 10.3 Å². The topological polar surface area (TPSA) is 132 Å². The van der Waals surface area contributed by atoms with Crippen molar-refractivity contribution in [2.75, 3.05) is 19.0 Å². The minimum absolute atomic E-state index is 0.142. The number of nitrogens with zero attached hydrogens (tertiary/aromatic N) is 4. The van der Waals surface area contributed by atoms with Gasteiger partial charge in [0.15, 0.2) is 17.0 Å². The summed E-state index contributed by atoms with van der Waals surface area (Å²) < 4.78 is 14.3. The second-order valence-electron chi connectivity index (χ2n) is 12.4. The Bertz CT molecular complexity index is 2040. The van der Waals surface area contributed by atoms with E-state index in [1.165, 1.54) is 6.33 Å². The Hall–Kier alpha value is -5.42. The van der Waals surface area contributed by atoms with Crippen molar-refractivity contribution < 1.29 is 24.5 Å². The van der Waals surface area contributed by atoms with Gasteiger partial charge in [0, 0.05) is 11.5 Å². The van der Waals surface area contributed by atoms with E-state index >= 15 is 0 Å². The number of amides is 1. The van der Waals surface area contributed by atoms with Gasteiger partial charge in [0.2, 0.25) is 0 Å². The quantitative estimate of drug-likeness (QED) is 0.161. The molecule has 1 amide bonds. The van der Waals surface area contributed by atoms with Gasteiger partial charge in [-0.15, -0.1) is 0 Å². The van der Waals surface area contributed by atoms with Gasteiger partial charge >= 0.3 is 0 Å². The number of benzene rings is 4. The van der Waals surface area contributed by atoms with Crippen molar-refractivity contribution in [3.63, 3.8) is 0 Å². The van der Waals surface area contributed by atoms with Gasteiger partial charge in [0.25, 0.3) is 5.91 Å². The molecule has 1 fully saturated rings. The molecule has 6 aromatic rings. The molecule has 5 atom stereocenters. The summed E-state index contributed by atoms with van der Waals surface area (Å²) in [6, 6.07) is 34.4. The van der Waals surface area contributed by atoms with Crippen molar-refractivity contribution in [1.29, 1.82) is 0 Å². The molecule has 248 valence electrons. The van der Waals surface area contributed by atoms with E-state index in [0.717, 1.165) is 28.0 Å². The minimum atomic E-state index is -1.12. The van der Waals surface area contributed by atoms with Gasteiger partial charge in [-0.1, -0.05) is 90.5 Å². The summed E-state index contributed by atoms with van der Waals surface area (Å²) in [5.41, 5.74) is 4.16. The first-order valence-corrected chi connectivity index (χ1v) is 16.2. The van der Waals surface area contributed by atoms with Crippen LogP contribution in [0.1, 0.15) is 45.1 Å². The fraction of sp³-hybridized carbons (Fsp3) is 0.231. The highest BCUT2D eigenvalue weighted by atomic mass is 16.5. The van der Waals surface area contributed by atoms with E-state index in [1.54, 1.807) is 42.3 Å².